The average molecular weight is 408 g/mol. The predicted octanol–water partition coefficient (Wildman–Crippen LogP) is 4.26. The van der Waals surface area contributed by atoms with Gasteiger partial charge in [-0.3, -0.25) is 9.78 Å². The number of hydrogen-bond donors (Lipinski definition) is 1. The summed E-state index contributed by atoms with van der Waals surface area (Å²) in [6.07, 6.45) is 4.92. The number of alkyl halides is 2. The normalized spacial score (nSPS) is 11.6. The molecule has 0 unspecified atom stereocenters. The third-order valence-corrected chi connectivity index (χ3v) is 4.42. The largest absolute Gasteiger partial charge is 0.311 e. The molecule has 0 aromatic carbocycles. The molecule has 0 atom stereocenters. The number of amides is 1. The molecule has 9 heteroatoms. The zero-order valence-electron chi connectivity index (χ0n) is 16.5. The summed E-state index contributed by atoms with van der Waals surface area (Å²) in [6, 6.07) is 8.59. The highest BCUT2D eigenvalue weighted by Gasteiger charge is 2.30. The minimum atomic E-state index is -3.22. The van der Waals surface area contributed by atoms with E-state index in [0.717, 1.165) is 18.0 Å². The second kappa shape index (κ2) is 7.25. The molecule has 0 aliphatic heterocycles. The van der Waals surface area contributed by atoms with Crippen molar-refractivity contribution in [2.45, 2.75) is 26.7 Å². The van der Waals surface area contributed by atoms with Crippen LogP contribution >= 0.6 is 0 Å². The van der Waals surface area contributed by atoms with Crippen LogP contribution < -0.4 is 5.32 Å². The van der Waals surface area contributed by atoms with Gasteiger partial charge in [0.2, 0.25) is 11.7 Å². The van der Waals surface area contributed by atoms with E-state index in [1.54, 1.807) is 53.5 Å². The zero-order chi connectivity index (χ0) is 21.5. The Bertz CT molecular complexity index is 1260. The molecule has 0 radical (unpaired) electrons. The third-order valence-electron chi connectivity index (χ3n) is 4.42. The summed E-state index contributed by atoms with van der Waals surface area (Å²) >= 11 is 0. The Hall–Kier alpha value is -3.75. The number of nitrogens with zero attached hydrogens (tertiary/aromatic N) is 5. The van der Waals surface area contributed by atoms with E-state index in [4.69, 9.17) is 0 Å². The Morgan fingerprint density at radius 2 is 1.93 bits per heavy atom. The Morgan fingerprint density at radius 3 is 2.63 bits per heavy atom. The number of aryl methyl sites for hydroxylation is 1. The minimum Gasteiger partial charge on any atom is -0.311 e. The fourth-order valence-corrected chi connectivity index (χ4v) is 3.08. The summed E-state index contributed by atoms with van der Waals surface area (Å²) in [6.45, 7) is 3.96. The fraction of sp³-hybridized carbons (Fsp3) is 0.190. The van der Waals surface area contributed by atoms with E-state index < -0.39 is 11.7 Å². The van der Waals surface area contributed by atoms with E-state index >= 15 is 0 Å². The Kier molecular flexibility index (Phi) is 4.73. The topological polar surface area (TPSA) is 85.6 Å². The molecule has 0 saturated carbocycles. The lowest BCUT2D eigenvalue weighted by molar-refractivity contribution is -0.114. The van der Waals surface area contributed by atoms with Gasteiger partial charge < -0.3 is 9.88 Å². The van der Waals surface area contributed by atoms with Gasteiger partial charge in [0.1, 0.15) is 11.6 Å². The van der Waals surface area contributed by atoms with Crippen LogP contribution in [-0.4, -0.2) is 30.4 Å². The maximum atomic E-state index is 14.2. The number of pyridine rings is 2. The summed E-state index contributed by atoms with van der Waals surface area (Å²) in [4.78, 5) is 27.9. The van der Waals surface area contributed by atoms with Gasteiger partial charge in [-0.1, -0.05) is 0 Å². The van der Waals surface area contributed by atoms with Crippen molar-refractivity contribution in [2.75, 3.05) is 5.32 Å². The SMILES string of the molecule is CC(=O)Nc1cc2c(ccn2-c2cc(-c3ccnc(C)c3)nc(C(C)(F)F)n2)cn1. The molecule has 0 saturated heterocycles. The van der Waals surface area contributed by atoms with E-state index in [1.165, 1.54) is 6.92 Å². The molecular formula is C21H18F2N6O. The summed E-state index contributed by atoms with van der Waals surface area (Å²) in [5.74, 6) is -3.43. The predicted molar refractivity (Wildman–Crippen MR) is 108 cm³/mol. The maximum absolute atomic E-state index is 14.2. The van der Waals surface area contributed by atoms with Gasteiger partial charge in [-0.05, 0) is 25.1 Å². The van der Waals surface area contributed by atoms with Gasteiger partial charge in [-0.15, -0.1) is 0 Å². The molecule has 0 aliphatic carbocycles. The lowest BCUT2D eigenvalue weighted by Gasteiger charge is -2.14. The molecule has 4 aromatic heterocycles. The van der Waals surface area contributed by atoms with E-state index in [9.17, 15) is 13.6 Å². The van der Waals surface area contributed by atoms with Crippen molar-refractivity contribution in [1.82, 2.24) is 24.5 Å². The van der Waals surface area contributed by atoms with Crippen molar-refractivity contribution in [3.05, 3.63) is 60.4 Å². The van der Waals surface area contributed by atoms with Crippen LogP contribution in [0, 0.1) is 6.92 Å². The lowest BCUT2D eigenvalue weighted by Crippen LogP contribution is -2.15. The number of rotatable bonds is 4. The van der Waals surface area contributed by atoms with Crippen LogP contribution in [0.3, 0.4) is 0 Å². The van der Waals surface area contributed by atoms with Crippen LogP contribution in [0.25, 0.3) is 28.0 Å². The van der Waals surface area contributed by atoms with Crippen molar-refractivity contribution in [1.29, 1.82) is 0 Å². The lowest BCUT2D eigenvalue weighted by atomic mass is 10.1. The highest BCUT2D eigenvalue weighted by atomic mass is 19.3. The zero-order valence-corrected chi connectivity index (χ0v) is 16.5. The third kappa shape index (κ3) is 3.86. The van der Waals surface area contributed by atoms with E-state index in [-0.39, 0.29) is 11.7 Å². The van der Waals surface area contributed by atoms with Crippen LogP contribution in [-0.2, 0) is 10.7 Å². The molecule has 0 spiro atoms. The van der Waals surface area contributed by atoms with Gasteiger partial charge in [0.05, 0.1) is 11.2 Å². The van der Waals surface area contributed by atoms with Crippen molar-refractivity contribution in [3.63, 3.8) is 0 Å². The second-order valence-corrected chi connectivity index (χ2v) is 7.00. The minimum absolute atomic E-state index is 0.259. The molecule has 0 aliphatic rings. The molecule has 4 heterocycles. The van der Waals surface area contributed by atoms with Crippen LogP contribution in [0.5, 0.6) is 0 Å². The molecular weight excluding hydrogens is 390 g/mol. The van der Waals surface area contributed by atoms with Crippen molar-refractivity contribution < 1.29 is 13.6 Å². The number of aromatic nitrogens is 5. The molecule has 152 valence electrons. The first kappa shape index (κ1) is 19.6. The van der Waals surface area contributed by atoms with Crippen molar-refractivity contribution >= 4 is 22.6 Å². The number of carbonyl (C=O) groups excluding carboxylic acids is 1. The molecule has 0 fully saturated rings. The molecule has 7 nitrogen and oxygen atoms in total. The highest BCUT2D eigenvalue weighted by molar-refractivity contribution is 5.91. The smallest absolute Gasteiger partial charge is 0.303 e. The van der Waals surface area contributed by atoms with Gasteiger partial charge in [0.15, 0.2) is 0 Å². The number of hydrogen-bond acceptors (Lipinski definition) is 5. The molecule has 4 rings (SSSR count). The first-order valence-electron chi connectivity index (χ1n) is 9.16. The van der Waals surface area contributed by atoms with Crippen molar-refractivity contribution in [2.24, 2.45) is 0 Å². The number of halogens is 2. The summed E-state index contributed by atoms with van der Waals surface area (Å²) in [5.41, 5.74) is 2.43. The van der Waals surface area contributed by atoms with Gasteiger partial charge in [-0.25, -0.2) is 15.0 Å². The highest BCUT2D eigenvalue weighted by Crippen LogP contribution is 2.29. The van der Waals surface area contributed by atoms with Gasteiger partial charge >= 0.3 is 5.92 Å². The first-order chi connectivity index (χ1) is 14.2. The van der Waals surface area contributed by atoms with Crippen LogP contribution in [0.1, 0.15) is 25.4 Å². The van der Waals surface area contributed by atoms with Crippen LogP contribution in [0.2, 0.25) is 0 Å². The number of fused-ring (bicyclic) bond motifs is 1. The molecule has 1 amide bonds. The maximum Gasteiger partial charge on any atom is 0.303 e. The quantitative estimate of drug-likeness (QED) is 0.545. The van der Waals surface area contributed by atoms with Gasteiger partial charge in [-0.2, -0.15) is 8.78 Å². The van der Waals surface area contributed by atoms with Crippen molar-refractivity contribution in [3.8, 4) is 17.1 Å². The Balaban J connectivity index is 1.92. The van der Waals surface area contributed by atoms with Gasteiger partial charge in [0.25, 0.3) is 0 Å². The van der Waals surface area contributed by atoms with E-state index in [0.29, 0.717) is 22.6 Å². The van der Waals surface area contributed by atoms with Gasteiger partial charge in [0, 0.05) is 61.2 Å². The Labute approximate surface area is 170 Å². The number of anilines is 1. The fourth-order valence-electron chi connectivity index (χ4n) is 3.08. The van der Waals surface area contributed by atoms with Crippen LogP contribution in [0.15, 0.2) is 48.9 Å². The number of nitrogens with one attached hydrogen (secondary N) is 1. The standard InChI is InChI=1S/C21H18F2N6O/c1-12-8-14(4-6-24-12)16-9-19(28-20(27-16)21(3,22)23)29-7-5-15-11-25-18(10-17(15)29)26-13(2)30/h4-11H,1-3H3,(H,25,26,30). The molecule has 1 N–H and O–H groups in total. The molecule has 30 heavy (non-hydrogen) atoms. The average Bonchev–Trinajstić information content (AvgIpc) is 3.10. The molecule has 0 bridgehead atoms. The first-order valence-corrected chi connectivity index (χ1v) is 9.16. The summed E-state index contributed by atoms with van der Waals surface area (Å²) in [7, 11) is 0. The number of carbonyl (C=O) groups is 1. The summed E-state index contributed by atoms with van der Waals surface area (Å²) in [5, 5.41) is 3.39. The Morgan fingerprint density at radius 1 is 1.13 bits per heavy atom. The monoisotopic (exact) mass is 408 g/mol. The van der Waals surface area contributed by atoms with E-state index in [2.05, 4.69) is 25.3 Å². The molecule has 4 aromatic rings. The second-order valence-electron chi connectivity index (χ2n) is 7.00. The van der Waals surface area contributed by atoms with E-state index in [1.807, 2.05) is 6.92 Å². The summed E-state index contributed by atoms with van der Waals surface area (Å²) < 4.78 is 30.0. The van der Waals surface area contributed by atoms with Crippen LogP contribution in [0.4, 0.5) is 14.6 Å².